The van der Waals surface area contributed by atoms with Crippen LogP contribution in [0.25, 0.3) is 0 Å². The number of halogens is 3. The molecule has 0 radical (unpaired) electrons. The SMILES string of the molecule is O=C(NCc1ccccc1)[C@@H]1CNC[C@H]1c1ccc(C(F)(F)F)cc1. The van der Waals surface area contributed by atoms with Crippen molar-refractivity contribution in [1.29, 1.82) is 0 Å². The Morgan fingerprint density at radius 1 is 1.04 bits per heavy atom. The van der Waals surface area contributed by atoms with E-state index in [1.807, 2.05) is 30.3 Å². The second kappa shape index (κ2) is 7.27. The molecule has 1 heterocycles. The lowest BCUT2D eigenvalue weighted by Gasteiger charge is -2.19. The van der Waals surface area contributed by atoms with E-state index >= 15 is 0 Å². The summed E-state index contributed by atoms with van der Waals surface area (Å²) in [4.78, 5) is 12.5. The van der Waals surface area contributed by atoms with Crippen molar-refractivity contribution in [2.24, 2.45) is 5.92 Å². The van der Waals surface area contributed by atoms with Crippen molar-refractivity contribution in [2.45, 2.75) is 18.6 Å². The number of rotatable bonds is 4. The summed E-state index contributed by atoms with van der Waals surface area (Å²) in [5.74, 6) is -0.503. The summed E-state index contributed by atoms with van der Waals surface area (Å²) in [5.41, 5.74) is 1.08. The summed E-state index contributed by atoms with van der Waals surface area (Å²) in [6.45, 7) is 1.54. The van der Waals surface area contributed by atoms with E-state index in [1.54, 1.807) is 0 Å². The molecule has 6 heteroatoms. The third-order valence-electron chi connectivity index (χ3n) is 4.53. The van der Waals surface area contributed by atoms with Gasteiger partial charge in [-0.2, -0.15) is 13.2 Å². The van der Waals surface area contributed by atoms with Gasteiger partial charge in [0, 0.05) is 25.6 Å². The Kier molecular flexibility index (Phi) is 5.08. The van der Waals surface area contributed by atoms with Crippen LogP contribution in [0.3, 0.4) is 0 Å². The lowest BCUT2D eigenvalue weighted by atomic mass is 9.88. The molecule has 2 aromatic rings. The average molecular weight is 348 g/mol. The van der Waals surface area contributed by atoms with E-state index in [-0.39, 0.29) is 17.7 Å². The highest BCUT2D eigenvalue weighted by Crippen LogP contribution is 2.33. The first kappa shape index (κ1) is 17.5. The quantitative estimate of drug-likeness (QED) is 0.890. The summed E-state index contributed by atoms with van der Waals surface area (Å²) in [7, 11) is 0. The van der Waals surface area contributed by atoms with E-state index in [2.05, 4.69) is 10.6 Å². The van der Waals surface area contributed by atoms with Crippen molar-refractivity contribution in [3.05, 3.63) is 71.3 Å². The van der Waals surface area contributed by atoms with Gasteiger partial charge in [-0.25, -0.2) is 0 Å². The van der Waals surface area contributed by atoms with E-state index in [0.717, 1.165) is 23.3 Å². The van der Waals surface area contributed by atoms with Gasteiger partial charge >= 0.3 is 6.18 Å². The fourth-order valence-electron chi connectivity index (χ4n) is 3.14. The minimum Gasteiger partial charge on any atom is -0.352 e. The van der Waals surface area contributed by atoms with Crippen molar-refractivity contribution < 1.29 is 18.0 Å². The van der Waals surface area contributed by atoms with Crippen LogP contribution < -0.4 is 10.6 Å². The Bertz CT molecular complexity index is 714. The molecule has 2 aromatic carbocycles. The molecule has 0 bridgehead atoms. The molecule has 2 atom stereocenters. The molecular weight excluding hydrogens is 329 g/mol. The molecule has 0 unspecified atom stereocenters. The third kappa shape index (κ3) is 4.20. The number of nitrogens with one attached hydrogen (secondary N) is 2. The van der Waals surface area contributed by atoms with E-state index < -0.39 is 11.7 Å². The van der Waals surface area contributed by atoms with Gasteiger partial charge in [-0.1, -0.05) is 42.5 Å². The van der Waals surface area contributed by atoms with Gasteiger partial charge in [0.05, 0.1) is 11.5 Å². The first-order valence-corrected chi connectivity index (χ1v) is 8.14. The molecule has 0 saturated carbocycles. The maximum atomic E-state index is 12.7. The summed E-state index contributed by atoms with van der Waals surface area (Å²) >= 11 is 0. The molecule has 25 heavy (non-hydrogen) atoms. The summed E-state index contributed by atoms with van der Waals surface area (Å²) in [6.07, 6.45) is -4.35. The van der Waals surface area contributed by atoms with Gasteiger partial charge in [-0.15, -0.1) is 0 Å². The van der Waals surface area contributed by atoms with Crippen LogP contribution in [-0.4, -0.2) is 19.0 Å². The number of carbonyl (C=O) groups excluding carboxylic acids is 1. The Hall–Kier alpha value is -2.34. The molecule has 0 spiro atoms. The van der Waals surface area contributed by atoms with Crippen molar-refractivity contribution >= 4 is 5.91 Å². The maximum absolute atomic E-state index is 12.7. The van der Waals surface area contributed by atoms with Crippen LogP contribution in [0, 0.1) is 5.92 Å². The molecule has 1 amide bonds. The van der Waals surface area contributed by atoms with Crippen LogP contribution in [0.2, 0.25) is 0 Å². The average Bonchev–Trinajstić information content (AvgIpc) is 3.10. The lowest BCUT2D eigenvalue weighted by Crippen LogP contribution is -2.34. The minimum absolute atomic E-state index is 0.0845. The van der Waals surface area contributed by atoms with Crippen LogP contribution in [0.1, 0.15) is 22.6 Å². The Morgan fingerprint density at radius 3 is 2.36 bits per heavy atom. The zero-order valence-corrected chi connectivity index (χ0v) is 13.5. The van der Waals surface area contributed by atoms with Crippen LogP contribution in [-0.2, 0) is 17.5 Å². The normalized spacial score (nSPS) is 20.4. The van der Waals surface area contributed by atoms with Gasteiger partial charge in [-0.05, 0) is 23.3 Å². The molecule has 3 nitrogen and oxygen atoms in total. The van der Waals surface area contributed by atoms with Gasteiger partial charge in [0.2, 0.25) is 5.91 Å². The summed E-state index contributed by atoms with van der Waals surface area (Å²) in [5, 5.41) is 6.08. The highest BCUT2D eigenvalue weighted by Gasteiger charge is 2.35. The summed E-state index contributed by atoms with van der Waals surface area (Å²) in [6, 6.07) is 14.7. The highest BCUT2D eigenvalue weighted by molar-refractivity contribution is 5.80. The second-order valence-electron chi connectivity index (χ2n) is 6.19. The first-order valence-electron chi connectivity index (χ1n) is 8.14. The monoisotopic (exact) mass is 348 g/mol. The van der Waals surface area contributed by atoms with E-state index in [0.29, 0.717) is 19.6 Å². The number of amides is 1. The standard InChI is InChI=1S/C19H19F3N2O/c20-19(21,22)15-8-6-14(7-9-15)16-11-23-12-17(16)18(25)24-10-13-4-2-1-3-5-13/h1-9,16-17,23H,10-12H2,(H,24,25)/t16-,17+/m0/s1. The number of carbonyl (C=O) groups is 1. The largest absolute Gasteiger partial charge is 0.416 e. The molecule has 1 aliphatic rings. The molecule has 1 aliphatic heterocycles. The molecule has 1 fully saturated rings. The fourth-order valence-corrected chi connectivity index (χ4v) is 3.14. The smallest absolute Gasteiger partial charge is 0.352 e. The lowest BCUT2D eigenvalue weighted by molar-refractivity contribution is -0.137. The predicted octanol–water partition coefficient (Wildman–Crippen LogP) is 3.32. The number of benzene rings is 2. The van der Waals surface area contributed by atoms with Crippen LogP contribution in [0.4, 0.5) is 13.2 Å². The molecule has 0 aliphatic carbocycles. The van der Waals surface area contributed by atoms with Crippen LogP contribution in [0.5, 0.6) is 0 Å². The Morgan fingerprint density at radius 2 is 1.72 bits per heavy atom. The van der Waals surface area contributed by atoms with Crippen molar-refractivity contribution in [1.82, 2.24) is 10.6 Å². The third-order valence-corrected chi connectivity index (χ3v) is 4.53. The molecule has 0 aromatic heterocycles. The topological polar surface area (TPSA) is 41.1 Å². The first-order chi connectivity index (χ1) is 11.9. The molecule has 132 valence electrons. The maximum Gasteiger partial charge on any atom is 0.416 e. The predicted molar refractivity (Wildman–Crippen MR) is 88.8 cm³/mol. The summed E-state index contributed by atoms with van der Waals surface area (Å²) < 4.78 is 38.1. The molecule has 2 N–H and O–H groups in total. The second-order valence-corrected chi connectivity index (χ2v) is 6.19. The van der Waals surface area contributed by atoms with Gasteiger partial charge in [-0.3, -0.25) is 4.79 Å². The van der Waals surface area contributed by atoms with Crippen molar-refractivity contribution in [3.8, 4) is 0 Å². The van der Waals surface area contributed by atoms with E-state index in [1.165, 1.54) is 12.1 Å². The number of alkyl halides is 3. The molecule has 1 saturated heterocycles. The van der Waals surface area contributed by atoms with Crippen LogP contribution >= 0.6 is 0 Å². The highest BCUT2D eigenvalue weighted by atomic mass is 19.4. The molecular formula is C19H19F3N2O. The minimum atomic E-state index is -4.35. The van der Waals surface area contributed by atoms with Gasteiger partial charge in [0.1, 0.15) is 0 Å². The van der Waals surface area contributed by atoms with Gasteiger partial charge in [0.15, 0.2) is 0 Å². The van der Waals surface area contributed by atoms with E-state index in [4.69, 9.17) is 0 Å². The molecule has 3 rings (SSSR count). The van der Waals surface area contributed by atoms with Crippen LogP contribution in [0.15, 0.2) is 54.6 Å². The van der Waals surface area contributed by atoms with Gasteiger partial charge < -0.3 is 10.6 Å². The zero-order chi connectivity index (χ0) is 17.9. The fraction of sp³-hybridized carbons (Fsp3) is 0.316. The van der Waals surface area contributed by atoms with Gasteiger partial charge in [0.25, 0.3) is 0 Å². The van der Waals surface area contributed by atoms with Crippen molar-refractivity contribution in [3.63, 3.8) is 0 Å². The van der Waals surface area contributed by atoms with Crippen molar-refractivity contribution in [2.75, 3.05) is 13.1 Å². The number of hydrogen-bond donors (Lipinski definition) is 2. The van der Waals surface area contributed by atoms with E-state index in [9.17, 15) is 18.0 Å². The Balaban J connectivity index is 1.66. The number of hydrogen-bond acceptors (Lipinski definition) is 2. The Labute approximate surface area is 144 Å². The zero-order valence-electron chi connectivity index (χ0n) is 13.5.